The number of nitrogens with one attached hydrogen (secondary N) is 1. The monoisotopic (exact) mass is 260 g/mol. The Bertz CT molecular complexity index is 621. The molecule has 1 aromatic heterocycles. The van der Waals surface area contributed by atoms with E-state index >= 15 is 0 Å². The van der Waals surface area contributed by atoms with Crippen LogP contribution in [0, 0.1) is 0 Å². The third-order valence-corrected chi connectivity index (χ3v) is 2.95. The number of ether oxygens (including phenoxy) is 2. The summed E-state index contributed by atoms with van der Waals surface area (Å²) in [7, 11) is 0. The Morgan fingerprint density at radius 1 is 1.37 bits per heavy atom. The number of aryl methyl sites for hydroxylation is 1. The van der Waals surface area contributed by atoms with E-state index < -0.39 is 5.97 Å². The molecule has 2 heterocycles. The number of hydrogen-bond acceptors (Lipinski definition) is 4. The number of hydrogen-bond donors (Lipinski definition) is 2. The predicted octanol–water partition coefficient (Wildman–Crippen LogP) is 1.82. The number of benzene rings is 1. The zero-order valence-corrected chi connectivity index (χ0v) is 10.0. The zero-order chi connectivity index (χ0) is 13.2. The second-order valence-electron chi connectivity index (χ2n) is 4.19. The summed E-state index contributed by atoms with van der Waals surface area (Å²) in [6, 6.07) is 5.56. The van der Waals surface area contributed by atoms with Crippen LogP contribution in [0.1, 0.15) is 12.1 Å². The molecule has 1 aromatic carbocycles. The van der Waals surface area contributed by atoms with Crippen LogP contribution in [0.4, 0.5) is 0 Å². The van der Waals surface area contributed by atoms with E-state index in [9.17, 15) is 4.79 Å². The molecule has 2 N–H and O–H groups in total. The summed E-state index contributed by atoms with van der Waals surface area (Å²) in [6.07, 6.45) is 2.05. The Kier molecular flexibility index (Phi) is 2.83. The lowest BCUT2D eigenvalue weighted by atomic mass is 10.1. The molecule has 3 rings (SSSR count). The van der Waals surface area contributed by atoms with Gasteiger partial charge in [0.1, 0.15) is 0 Å². The second-order valence-corrected chi connectivity index (χ2v) is 4.19. The minimum absolute atomic E-state index is 0.0692. The van der Waals surface area contributed by atoms with Gasteiger partial charge in [-0.2, -0.15) is 0 Å². The largest absolute Gasteiger partial charge is 0.481 e. The van der Waals surface area contributed by atoms with Crippen LogP contribution < -0.4 is 9.47 Å². The molecule has 6 heteroatoms. The maximum absolute atomic E-state index is 10.6. The molecule has 0 unspecified atom stereocenters. The first-order chi connectivity index (χ1) is 9.24. The summed E-state index contributed by atoms with van der Waals surface area (Å²) in [4.78, 5) is 17.9. The molecule has 19 heavy (non-hydrogen) atoms. The summed E-state index contributed by atoms with van der Waals surface area (Å²) in [5.41, 5.74) is 2.44. The fourth-order valence-corrected chi connectivity index (χ4v) is 2.04. The van der Waals surface area contributed by atoms with Crippen molar-refractivity contribution in [3.05, 3.63) is 30.2 Å². The molecular formula is C13H12N2O4. The summed E-state index contributed by atoms with van der Waals surface area (Å²) >= 11 is 0. The molecule has 0 radical (unpaired) electrons. The lowest BCUT2D eigenvalue weighted by molar-refractivity contribution is -0.136. The molecular weight excluding hydrogens is 248 g/mol. The van der Waals surface area contributed by atoms with Gasteiger partial charge in [0.25, 0.3) is 0 Å². The minimum atomic E-state index is -0.828. The number of imidazole rings is 1. The zero-order valence-electron chi connectivity index (χ0n) is 10.0. The van der Waals surface area contributed by atoms with Crippen LogP contribution in [0.5, 0.6) is 11.5 Å². The van der Waals surface area contributed by atoms with Crippen molar-refractivity contribution in [3.63, 3.8) is 0 Å². The van der Waals surface area contributed by atoms with Crippen molar-refractivity contribution in [2.24, 2.45) is 0 Å². The van der Waals surface area contributed by atoms with Gasteiger partial charge in [-0.05, 0) is 18.2 Å². The van der Waals surface area contributed by atoms with E-state index in [-0.39, 0.29) is 13.2 Å². The van der Waals surface area contributed by atoms with Crippen LogP contribution >= 0.6 is 0 Å². The van der Waals surface area contributed by atoms with E-state index in [4.69, 9.17) is 14.6 Å². The fourth-order valence-electron chi connectivity index (χ4n) is 2.04. The van der Waals surface area contributed by atoms with E-state index in [0.717, 1.165) is 17.0 Å². The van der Waals surface area contributed by atoms with Crippen molar-refractivity contribution in [2.45, 2.75) is 12.8 Å². The number of fused-ring (bicyclic) bond motifs is 1. The first-order valence-electron chi connectivity index (χ1n) is 5.88. The highest BCUT2D eigenvalue weighted by Gasteiger charge is 2.16. The highest BCUT2D eigenvalue weighted by atomic mass is 16.7. The highest BCUT2D eigenvalue weighted by Crippen LogP contribution is 2.36. The molecule has 98 valence electrons. The average molecular weight is 260 g/mol. The fraction of sp³-hybridized carbons (Fsp3) is 0.231. The van der Waals surface area contributed by atoms with Crippen LogP contribution in [0.25, 0.3) is 11.3 Å². The average Bonchev–Trinajstić information content (AvgIpc) is 3.04. The molecule has 2 aromatic rings. The third-order valence-electron chi connectivity index (χ3n) is 2.95. The number of carbonyl (C=O) groups is 1. The summed E-state index contributed by atoms with van der Waals surface area (Å²) < 4.78 is 10.6. The summed E-state index contributed by atoms with van der Waals surface area (Å²) in [5, 5.41) is 8.73. The van der Waals surface area contributed by atoms with Gasteiger partial charge in [-0.15, -0.1) is 0 Å². The van der Waals surface area contributed by atoms with Gasteiger partial charge in [-0.1, -0.05) is 0 Å². The number of rotatable bonds is 4. The number of nitrogens with zero attached hydrogens (tertiary/aromatic N) is 1. The van der Waals surface area contributed by atoms with E-state index in [1.807, 2.05) is 18.2 Å². The second kappa shape index (κ2) is 4.64. The van der Waals surface area contributed by atoms with Crippen molar-refractivity contribution < 1.29 is 19.4 Å². The van der Waals surface area contributed by atoms with Crippen LogP contribution in [-0.2, 0) is 11.2 Å². The molecule has 1 aliphatic rings. The number of carboxylic acids is 1. The van der Waals surface area contributed by atoms with Crippen molar-refractivity contribution >= 4 is 5.97 Å². The van der Waals surface area contributed by atoms with Gasteiger partial charge in [-0.25, -0.2) is 4.98 Å². The molecule has 0 saturated heterocycles. The van der Waals surface area contributed by atoms with Crippen molar-refractivity contribution in [3.8, 4) is 22.8 Å². The van der Waals surface area contributed by atoms with Gasteiger partial charge in [0.15, 0.2) is 11.5 Å². The topological polar surface area (TPSA) is 84.4 Å². The first-order valence-corrected chi connectivity index (χ1v) is 5.88. The molecule has 0 spiro atoms. The summed E-state index contributed by atoms with van der Waals surface area (Å²) in [5.74, 6) is 0.572. The smallest absolute Gasteiger partial charge is 0.303 e. The molecule has 0 atom stereocenters. The van der Waals surface area contributed by atoms with Gasteiger partial charge in [0.2, 0.25) is 6.79 Å². The van der Waals surface area contributed by atoms with Crippen LogP contribution in [0.2, 0.25) is 0 Å². The maximum atomic E-state index is 10.6. The van der Waals surface area contributed by atoms with Gasteiger partial charge < -0.3 is 19.6 Å². The van der Waals surface area contributed by atoms with Crippen molar-refractivity contribution in [2.75, 3.05) is 6.79 Å². The van der Waals surface area contributed by atoms with Crippen LogP contribution in [0.3, 0.4) is 0 Å². The Hall–Kier alpha value is -2.50. The van der Waals surface area contributed by atoms with Gasteiger partial charge >= 0.3 is 5.97 Å². The Balaban J connectivity index is 1.90. The van der Waals surface area contributed by atoms with E-state index in [1.165, 1.54) is 0 Å². The molecule has 6 nitrogen and oxygen atoms in total. The lowest BCUT2D eigenvalue weighted by Gasteiger charge is -2.03. The minimum Gasteiger partial charge on any atom is -0.481 e. The van der Waals surface area contributed by atoms with Crippen LogP contribution in [-0.4, -0.2) is 27.8 Å². The van der Waals surface area contributed by atoms with Crippen LogP contribution in [0.15, 0.2) is 24.5 Å². The normalized spacial score (nSPS) is 12.6. The van der Waals surface area contributed by atoms with Gasteiger partial charge in [0.05, 0.1) is 18.4 Å². The number of aromatic amines is 1. The quantitative estimate of drug-likeness (QED) is 0.876. The summed E-state index contributed by atoms with van der Waals surface area (Å²) in [6.45, 7) is 0.227. The lowest BCUT2D eigenvalue weighted by Crippen LogP contribution is -1.99. The predicted molar refractivity (Wildman–Crippen MR) is 66.1 cm³/mol. The van der Waals surface area contributed by atoms with Gasteiger partial charge in [-0.3, -0.25) is 4.79 Å². The number of H-pyrrole nitrogens is 1. The molecule has 0 aliphatic carbocycles. The van der Waals surface area contributed by atoms with E-state index in [0.29, 0.717) is 17.9 Å². The third kappa shape index (κ3) is 2.24. The Morgan fingerprint density at radius 3 is 3.05 bits per heavy atom. The molecule has 0 saturated carbocycles. The molecule has 0 amide bonds. The highest BCUT2D eigenvalue weighted by molar-refractivity contribution is 5.69. The standard InChI is InChI=1S/C13H12N2O4/c16-12(17)4-2-9-13(15-6-14-9)8-1-3-10-11(5-8)19-7-18-10/h1,3,5-6H,2,4,7H2,(H,14,15)(H,16,17). The molecule has 0 bridgehead atoms. The van der Waals surface area contributed by atoms with E-state index in [1.54, 1.807) is 6.33 Å². The number of aromatic nitrogens is 2. The first kappa shape index (κ1) is 11.6. The molecule has 1 aliphatic heterocycles. The number of aliphatic carboxylic acids is 1. The Morgan fingerprint density at radius 2 is 2.21 bits per heavy atom. The van der Waals surface area contributed by atoms with Crippen molar-refractivity contribution in [1.82, 2.24) is 9.97 Å². The Labute approximate surface area is 109 Å². The molecule has 0 fully saturated rings. The maximum Gasteiger partial charge on any atom is 0.303 e. The van der Waals surface area contributed by atoms with E-state index in [2.05, 4.69) is 9.97 Å². The SMILES string of the molecule is O=C(O)CCc1[nH]cnc1-c1ccc2c(c1)OCO2. The van der Waals surface area contributed by atoms with Crippen molar-refractivity contribution in [1.29, 1.82) is 0 Å². The van der Waals surface area contributed by atoms with Gasteiger partial charge in [0, 0.05) is 17.7 Å². The number of carboxylic acid groups (broad SMARTS) is 1.